The second kappa shape index (κ2) is 6.89. The number of carbonyl (C=O) groups is 1. The van der Waals surface area contributed by atoms with Crippen LogP contribution in [0.3, 0.4) is 0 Å². The Morgan fingerprint density at radius 1 is 1.12 bits per heavy atom. The van der Waals surface area contributed by atoms with Gasteiger partial charge in [-0.05, 0) is 18.2 Å². The molecule has 2 N–H and O–H groups in total. The molecule has 0 aliphatic rings. The van der Waals surface area contributed by atoms with Gasteiger partial charge in [-0.25, -0.2) is 4.79 Å². The number of rotatable bonds is 5. The fourth-order valence-electron chi connectivity index (χ4n) is 2.83. The number of para-hydroxylation sites is 1. The first-order valence-electron chi connectivity index (χ1n) is 8.23. The largest absolute Gasteiger partial charge is 0.456 e. The number of anilines is 2. The van der Waals surface area contributed by atoms with Gasteiger partial charge < -0.3 is 19.8 Å². The highest BCUT2D eigenvalue weighted by molar-refractivity contribution is 6.07. The van der Waals surface area contributed by atoms with E-state index >= 15 is 0 Å². The number of furan rings is 1. The summed E-state index contributed by atoms with van der Waals surface area (Å²) in [7, 11) is 1.63. The summed E-state index contributed by atoms with van der Waals surface area (Å²) in [6, 6.07) is 13.1. The van der Waals surface area contributed by atoms with Gasteiger partial charge in [0.05, 0.1) is 25.0 Å². The van der Waals surface area contributed by atoms with E-state index in [4.69, 9.17) is 9.15 Å². The van der Waals surface area contributed by atoms with E-state index in [2.05, 4.69) is 15.7 Å². The molecule has 132 valence electrons. The van der Waals surface area contributed by atoms with Crippen molar-refractivity contribution in [2.75, 3.05) is 24.4 Å². The fraction of sp³-hybridized carbons (Fsp3) is 0.158. The highest BCUT2D eigenvalue weighted by atomic mass is 16.5. The number of hydrogen-bond acceptors (Lipinski definition) is 4. The number of benzene rings is 2. The summed E-state index contributed by atoms with van der Waals surface area (Å²) in [6.45, 7) is 1.19. The van der Waals surface area contributed by atoms with Gasteiger partial charge in [-0.2, -0.15) is 5.10 Å². The van der Waals surface area contributed by atoms with Crippen molar-refractivity contribution < 1.29 is 13.9 Å². The normalized spacial score (nSPS) is 11.1. The summed E-state index contributed by atoms with van der Waals surface area (Å²) in [5.74, 6) is 0. The van der Waals surface area contributed by atoms with Crippen LogP contribution < -0.4 is 10.6 Å². The SMILES string of the molecule is COCCn1cc(NC(=O)Nc2ccc3c(c2)oc2ccccc23)cn1. The molecule has 2 heterocycles. The van der Waals surface area contributed by atoms with Crippen LogP contribution in [0.1, 0.15) is 0 Å². The van der Waals surface area contributed by atoms with Crippen LogP contribution in [-0.4, -0.2) is 29.5 Å². The van der Waals surface area contributed by atoms with Crippen LogP contribution in [0, 0.1) is 0 Å². The number of carbonyl (C=O) groups excluding carboxylic acids is 1. The number of nitrogens with one attached hydrogen (secondary N) is 2. The van der Waals surface area contributed by atoms with E-state index in [0.29, 0.717) is 24.5 Å². The summed E-state index contributed by atoms with van der Waals surface area (Å²) in [5.41, 5.74) is 2.83. The van der Waals surface area contributed by atoms with Crippen LogP contribution in [0.2, 0.25) is 0 Å². The zero-order chi connectivity index (χ0) is 17.9. The first-order chi connectivity index (χ1) is 12.7. The minimum absolute atomic E-state index is 0.341. The monoisotopic (exact) mass is 350 g/mol. The quantitative estimate of drug-likeness (QED) is 0.568. The number of methoxy groups -OCH3 is 1. The summed E-state index contributed by atoms with van der Waals surface area (Å²) in [4.78, 5) is 12.2. The second-order valence-electron chi connectivity index (χ2n) is 5.87. The molecular formula is C19H18N4O3. The third-order valence-corrected chi connectivity index (χ3v) is 4.05. The average Bonchev–Trinajstić information content (AvgIpc) is 3.23. The molecule has 0 bridgehead atoms. The topological polar surface area (TPSA) is 81.3 Å². The Kier molecular flexibility index (Phi) is 4.28. The van der Waals surface area contributed by atoms with Crippen LogP contribution in [0.15, 0.2) is 59.3 Å². The highest BCUT2D eigenvalue weighted by Crippen LogP contribution is 2.30. The van der Waals surface area contributed by atoms with Crippen LogP contribution in [0.25, 0.3) is 21.9 Å². The lowest BCUT2D eigenvalue weighted by atomic mass is 10.1. The summed E-state index contributed by atoms with van der Waals surface area (Å²) < 4.78 is 12.5. The van der Waals surface area contributed by atoms with Crippen molar-refractivity contribution in [3.05, 3.63) is 54.9 Å². The Morgan fingerprint density at radius 2 is 1.92 bits per heavy atom. The number of urea groups is 1. The smallest absolute Gasteiger partial charge is 0.323 e. The number of nitrogens with zero attached hydrogens (tertiary/aromatic N) is 2. The molecule has 7 nitrogen and oxygen atoms in total. The van der Waals surface area contributed by atoms with Gasteiger partial charge in [0.25, 0.3) is 0 Å². The van der Waals surface area contributed by atoms with Gasteiger partial charge in [0.15, 0.2) is 0 Å². The lowest BCUT2D eigenvalue weighted by molar-refractivity contribution is 0.183. The van der Waals surface area contributed by atoms with Gasteiger partial charge >= 0.3 is 6.03 Å². The van der Waals surface area contributed by atoms with Crippen LogP contribution in [-0.2, 0) is 11.3 Å². The summed E-state index contributed by atoms with van der Waals surface area (Å²) in [6.07, 6.45) is 3.35. The summed E-state index contributed by atoms with van der Waals surface area (Å²) in [5, 5.41) is 11.8. The number of hydrogen-bond donors (Lipinski definition) is 2. The first-order valence-corrected chi connectivity index (χ1v) is 8.23. The third kappa shape index (κ3) is 3.25. The van der Waals surface area contributed by atoms with E-state index in [9.17, 15) is 4.79 Å². The molecule has 0 spiro atoms. The standard InChI is InChI=1S/C19H18N4O3/c1-25-9-8-23-12-14(11-20-23)22-19(24)21-13-6-7-16-15-4-2-3-5-17(15)26-18(16)10-13/h2-7,10-12H,8-9H2,1H3,(H2,21,22,24). The Morgan fingerprint density at radius 3 is 2.81 bits per heavy atom. The maximum Gasteiger partial charge on any atom is 0.323 e. The van der Waals surface area contributed by atoms with E-state index < -0.39 is 0 Å². The molecule has 2 aromatic heterocycles. The molecule has 7 heteroatoms. The summed E-state index contributed by atoms with van der Waals surface area (Å²) >= 11 is 0. The molecule has 0 unspecified atom stereocenters. The van der Waals surface area contributed by atoms with Gasteiger partial charge in [0, 0.05) is 35.8 Å². The third-order valence-electron chi connectivity index (χ3n) is 4.05. The fourth-order valence-corrected chi connectivity index (χ4v) is 2.83. The molecule has 0 saturated carbocycles. The van der Waals surface area contributed by atoms with Crippen LogP contribution in [0.4, 0.5) is 16.2 Å². The van der Waals surface area contributed by atoms with Crippen molar-refractivity contribution in [1.82, 2.24) is 9.78 Å². The van der Waals surface area contributed by atoms with Gasteiger partial charge in [0.1, 0.15) is 11.2 Å². The predicted octanol–water partition coefficient (Wildman–Crippen LogP) is 4.07. The molecule has 0 saturated heterocycles. The number of aromatic nitrogens is 2. The van der Waals surface area contributed by atoms with E-state index in [1.165, 1.54) is 0 Å². The lowest BCUT2D eigenvalue weighted by Gasteiger charge is -2.05. The molecule has 4 rings (SSSR count). The molecule has 26 heavy (non-hydrogen) atoms. The minimum atomic E-state index is -0.341. The molecule has 2 amide bonds. The first kappa shape index (κ1) is 16.2. The van der Waals surface area contributed by atoms with E-state index in [1.807, 2.05) is 42.5 Å². The number of ether oxygens (including phenoxy) is 1. The Balaban J connectivity index is 1.47. The van der Waals surface area contributed by atoms with Crippen molar-refractivity contribution in [2.45, 2.75) is 6.54 Å². The molecule has 0 atom stereocenters. The van der Waals surface area contributed by atoms with Crippen molar-refractivity contribution in [3.63, 3.8) is 0 Å². The Labute approximate surface area is 149 Å². The highest BCUT2D eigenvalue weighted by Gasteiger charge is 2.09. The number of fused-ring (bicyclic) bond motifs is 3. The maximum atomic E-state index is 12.2. The van der Waals surface area contributed by atoms with E-state index in [0.717, 1.165) is 21.9 Å². The Hall–Kier alpha value is -3.32. The van der Waals surface area contributed by atoms with Crippen molar-refractivity contribution in [3.8, 4) is 0 Å². The van der Waals surface area contributed by atoms with Gasteiger partial charge in [0.2, 0.25) is 0 Å². The number of amides is 2. The van der Waals surface area contributed by atoms with Crippen molar-refractivity contribution >= 4 is 39.3 Å². The van der Waals surface area contributed by atoms with Crippen molar-refractivity contribution in [1.29, 1.82) is 0 Å². The molecular weight excluding hydrogens is 332 g/mol. The molecule has 4 aromatic rings. The predicted molar refractivity (Wildman–Crippen MR) is 100 cm³/mol. The molecule has 0 aliphatic carbocycles. The molecule has 0 radical (unpaired) electrons. The second-order valence-corrected chi connectivity index (χ2v) is 5.87. The average molecular weight is 350 g/mol. The van der Waals surface area contributed by atoms with Gasteiger partial charge in [-0.15, -0.1) is 0 Å². The zero-order valence-corrected chi connectivity index (χ0v) is 14.2. The molecule has 2 aromatic carbocycles. The van der Waals surface area contributed by atoms with E-state index in [-0.39, 0.29) is 6.03 Å². The van der Waals surface area contributed by atoms with Gasteiger partial charge in [-0.3, -0.25) is 4.68 Å². The van der Waals surface area contributed by atoms with Crippen molar-refractivity contribution in [2.24, 2.45) is 0 Å². The zero-order valence-electron chi connectivity index (χ0n) is 14.2. The molecule has 0 aliphatic heterocycles. The minimum Gasteiger partial charge on any atom is -0.456 e. The van der Waals surface area contributed by atoms with Crippen LogP contribution >= 0.6 is 0 Å². The molecule has 0 fully saturated rings. The maximum absolute atomic E-state index is 12.2. The Bertz CT molecular complexity index is 1070. The van der Waals surface area contributed by atoms with Crippen LogP contribution in [0.5, 0.6) is 0 Å². The van der Waals surface area contributed by atoms with Gasteiger partial charge in [-0.1, -0.05) is 18.2 Å². The lowest BCUT2D eigenvalue weighted by Crippen LogP contribution is -2.19. The van der Waals surface area contributed by atoms with E-state index in [1.54, 1.807) is 24.2 Å².